The number of carbonyl (C=O) groups is 1. The number of hydrogen-bond donors (Lipinski definition) is 0. The number of hydrogen-bond acceptors (Lipinski definition) is 5. The fourth-order valence-corrected chi connectivity index (χ4v) is 3.79. The van der Waals surface area contributed by atoms with Crippen molar-refractivity contribution in [2.75, 3.05) is 29.9 Å². The molecule has 0 unspecified atom stereocenters. The number of likely N-dealkylation sites (N-methyl/N-ethyl adjacent to an activating group) is 1. The molecule has 0 saturated carbocycles. The maximum atomic E-state index is 12.7. The van der Waals surface area contributed by atoms with Crippen molar-refractivity contribution in [3.05, 3.63) is 52.6 Å². The summed E-state index contributed by atoms with van der Waals surface area (Å²) in [6, 6.07) is 9.51. The molecule has 2 aromatic heterocycles. The third kappa shape index (κ3) is 3.87. The summed E-state index contributed by atoms with van der Waals surface area (Å²) in [4.78, 5) is 33.7. The van der Waals surface area contributed by atoms with Crippen LogP contribution in [0.15, 0.2) is 41.3 Å². The van der Waals surface area contributed by atoms with Gasteiger partial charge in [-0.05, 0) is 49.4 Å². The predicted octanol–water partition coefficient (Wildman–Crippen LogP) is 2.10. The topological polar surface area (TPSA) is 75.7 Å². The van der Waals surface area contributed by atoms with Crippen LogP contribution < -0.4 is 15.5 Å². The van der Waals surface area contributed by atoms with Crippen LogP contribution in [0, 0.1) is 12.8 Å². The lowest BCUT2D eigenvalue weighted by Crippen LogP contribution is -2.35. The number of piperidine rings is 1. The predicted molar refractivity (Wildman–Crippen MR) is 112 cm³/mol. The maximum Gasteiger partial charge on any atom is 0.352 e. The number of aromatic nitrogens is 4. The van der Waals surface area contributed by atoms with E-state index < -0.39 is 0 Å². The minimum atomic E-state index is -0.364. The Hall–Kier alpha value is -3.16. The van der Waals surface area contributed by atoms with Gasteiger partial charge in [0.15, 0.2) is 0 Å². The molecule has 1 aliphatic rings. The van der Waals surface area contributed by atoms with Crippen LogP contribution in [0.4, 0.5) is 11.5 Å². The smallest absolute Gasteiger partial charge is 0.352 e. The van der Waals surface area contributed by atoms with E-state index in [9.17, 15) is 9.59 Å². The molecule has 8 nitrogen and oxygen atoms in total. The Balaban J connectivity index is 1.57. The highest BCUT2D eigenvalue weighted by atomic mass is 16.2. The molecule has 1 saturated heterocycles. The SMILES string of the molecule is Cc1cccc(N(C)C(=O)Cn2nc3nc(N4CCC[C@H](C)C4)ccn3c2=O)c1. The lowest BCUT2D eigenvalue weighted by atomic mass is 10.0. The summed E-state index contributed by atoms with van der Waals surface area (Å²) < 4.78 is 2.57. The van der Waals surface area contributed by atoms with Crippen molar-refractivity contribution in [1.29, 1.82) is 0 Å². The molecule has 1 atom stereocenters. The van der Waals surface area contributed by atoms with Gasteiger partial charge in [0.25, 0.3) is 5.78 Å². The maximum absolute atomic E-state index is 12.7. The number of fused-ring (bicyclic) bond motifs is 1. The average Bonchev–Trinajstić information content (AvgIpc) is 3.02. The van der Waals surface area contributed by atoms with Crippen LogP contribution in [0.5, 0.6) is 0 Å². The number of rotatable bonds is 4. The number of anilines is 2. The molecule has 3 aromatic rings. The summed E-state index contributed by atoms with van der Waals surface area (Å²) in [5.41, 5.74) is 1.49. The van der Waals surface area contributed by atoms with Gasteiger partial charge in [0.1, 0.15) is 12.4 Å². The standard InChI is InChI=1S/C21H26N6O2/c1-15-6-4-8-17(12-15)24(3)19(28)14-27-21(29)26-11-9-18(22-20(26)23-27)25-10-5-7-16(2)13-25/h4,6,8-9,11-12,16H,5,7,10,13-14H2,1-3H3/t16-/m0/s1. The van der Waals surface area contributed by atoms with E-state index in [1.807, 2.05) is 37.3 Å². The molecule has 8 heteroatoms. The summed E-state index contributed by atoms with van der Waals surface area (Å²) in [5.74, 6) is 1.55. The number of carbonyl (C=O) groups excluding carboxylic acids is 1. The highest BCUT2D eigenvalue weighted by Gasteiger charge is 2.20. The Bertz CT molecular complexity index is 1100. The van der Waals surface area contributed by atoms with Crippen LogP contribution in [-0.2, 0) is 11.3 Å². The van der Waals surface area contributed by atoms with Crippen LogP contribution in [-0.4, -0.2) is 45.2 Å². The van der Waals surface area contributed by atoms with E-state index in [2.05, 4.69) is 21.9 Å². The van der Waals surface area contributed by atoms with Crippen molar-refractivity contribution in [3.8, 4) is 0 Å². The molecule has 29 heavy (non-hydrogen) atoms. The fraction of sp³-hybridized carbons (Fsp3) is 0.429. The van der Waals surface area contributed by atoms with Crippen LogP contribution in [0.25, 0.3) is 5.78 Å². The van der Waals surface area contributed by atoms with Crippen LogP contribution in [0.1, 0.15) is 25.3 Å². The summed E-state index contributed by atoms with van der Waals surface area (Å²) in [5, 5.41) is 4.30. The van der Waals surface area contributed by atoms with Gasteiger partial charge in [0, 0.05) is 32.0 Å². The lowest BCUT2D eigenvalue weighted by molar-refractivity contribution is -0.119. The van der Waals surface area contributed by atoms with Crippen molar-refractivity contribution in [1.82, 2.24) is 19.2 Å². The molecule has 1 aromatic carbocycles. The van der Waals surface area contributed by atoms with Gasteiger partial charge >= 0.3 is 5.69 Å². The first-order valence-corrected chi connectivity index (χ1v) is 9.97. The third-order valence-electron chi connectivity index (χ3n) is 5.47. The van der Waals surface area contributed by atoms with E-state index in [1.54, 1.807) is 13.2 Å². The zero-order valence-electron chi connectivity index (χ0n) is 17.1. The number of amides is 1. The second-order valence-corrected chi connectivity index (χ2v) is 7.88. The molecule has 1 amide bonds. The second-order valence-electron chi connectivity index (χ2n) is 7.88. The molecule has 0 aliphatic carbocycles. The molecule has 0 radical (unpaired) electrons. The van der Waals surface area contributed by atoms with E-state index in [-0.39, 0.29) is 18.1 Å². The third-order valence-corrected chi connectivity index (χ3v) is 5.47. The minimum absolute atomic E-state index is 0.136. The van der Waals surface area contributed by atoms with Gasteiger partial charge in [0.2, 0.25) is 5.91 Å². The van der Waals surface area contributed by atoms with Crippen LogP contribution >= 0.6 is 0 Å². The largest absolute Gasteiger partial charge is 0.356 e. The van der Waals surface area contributed by atoms with Gasteiger partial charge in [-0.2, -0.15) is 4.98 Å². The highest BCUT2D eigenvalue weighted by Crippen LogP contribution is 2.21. The van der Waals surface area contributed by atoms with Gasteiger partial charge in [-0.1, -0.05) is 19.1 Å². The molecular formula is C21H26N6O2. The molecule has 1 fully saturated rings. The zero-order valence-corrected chi connectivity index (χ0v) is 17.1. The summed E-state index contributed by atoms with van der Waals surface area (Å²) in [7, 11) is 1.70. The first-order chi connectivity index (χ1) is 13.9. The molecule has 0 spiro atoms. The van der Waals surface area contributed by atoms with Crippen molar-refractivity contribution >= 4 is 23.2 Å². The number of aryl methyl sites for hydroxylation is 1. The lowest BCUT2D eigenvalue weighted by Gasteiger charge is -2.31. The highest BCUT2D eigenvalue weighted by molar-refractivity contribution is 5.92. The monoisotopic (exact) mass is 394 g/mol. The Morgan fingerprint density at radius 1 is 1.31 bits per heavy atom. The van der Waals surface area contributed by atoms with E-state index in [0.717, 1.165) is 36.6 Å². The Labute approximate surface area is 169 Å². The first kappa shape index (κ1) is 19.2. The van der Waals surface area contributed by atoms with E-state index in [0.29, 0.717) is 11.7 Å². The summed E-state index contributed by atoms with van der Waals surface area (Å²) >= 11 is 0. The van der Waals surface area contributed by atoms with E-state index >= 15 is 0 Å². The molecule has 1 aliphatic heterocycles. The van der Waals surface area contributed by atoms with Gasteiger partial charge in [0.05, 0.1) is 0 Å². The average molecular weight is 394 g/mol. The van der Waals surface area contributed by atoms with Crippen molar-refractivity contribution in [2.45, 2.75) is 33.2 Å². The zero-order chi connectivity index (χ0) is 20.5. The summed E-state index contributed by atoms with van der Waals surface area (Å²) in [6.07, 6.45) is 4.05. The van der Waals surface area contributed by atoms with E-state index in [4.69, 9.17) is 0 Å². The van der Waals surface area contributed by atoms with Crippen molar-refractivity contribution in [2.24, 2.45) is 5.92 Å². The van der Waals surface area contributed by atoms with Crippen LogP contribution in [0.2, 0.25) is 0 Å². The van der Waals surface area contributed by atoms with Gasteiger partial charge in [-0.3, -0.25) is 4.79 Å². The number of nitrogens with zero attached hydrogens (tertiary/aromatic N) is 6. The van der Waals surface area contributed by atoms with E-state index in [1.165, 1.54) is 20.4 Å². The molecule has 0 bridgehead atoms. The second kappa shape index (κ2) is 7.69. The van der Waals surface area contributed by atoms with Gasteiger partial charge < -0.3 is 9.80 Å². The Morgan fingerprint density at radius 2 is 2.14 bits per heavy atom. The summed E-state index contributed by atoms with van der Waals surface area (Å²) in [6.45, 7) is 5.98. The Kier molecular flexibility index (Phi) is 5.08. The molecule has 4 rings (SSSR count). The number of benzene rings is 1. The van der Waals surface area contributed by atoms with Crippen molar-refractivity contribution < 1.29 is 4.79 Å². The molecule has 3 heterocycles. The van der Waals surface area contributed by atoms with Crippen LogP contribution in [0.3, 0.4) is 0 Å². The normalized spacial score (nSPS) is 16.9. The van der Waals surface area contributed by atoms with Crippen molar-refractivity contribution in [3.63, 3.8) is 0 Å². The Morgan fingerprint density at radius 3 is 2.90 bits per heavy atom. The quantitative estimate of drug-likeness (QED) is 0.677. The molecule has 0 N–H and O–H groups in total. The van der Waals surface area contributed by atoms with Gasteiger partial charge in [-0.25, -0.2) is 13.9 Å². The minimum Gasteiger partial charge on any atom is -0.356 e. The molecule has 152 valence electrons. The van der Waals surface area contributed by atoms with Gasteiger partial charge in [-0.15, -0.1) is 5.10 Å². The molecular weight excluding hydrogens is 368 g/mol. The fourth-order valence-electron chi connectivity index (χ4n) is 3.79. The first-order valence-electron chi connectivity index (χ1n) is 9.97.